The normalized spacial score (nSPS) is 12.6. The van der Waals surface area contributed by atoms with Gasteiger partial charge in [-0.25, -0.2) is 9.07 Å². The number of benzene rings is 3. The molecule has 0 saturated heterocycles. The summed E-state index contributed by atoms with van der Waals surface area (Å²) in [5, 5.41) is 10.5. The second-order valence-electron chi connectivity index (χ2n) is 8.86. The Bertz CT molecular complexity index is 1380. The maximum Gasteiger partial charge on any atom is 0.276 e. The van der Waals surface area contributed by atoms with Gasteiger partial charge in [-0.05, 0) is 74.1 Å². The van der Waals surface area contributed by atoms with Gasteiger partial charge >= 0.3 is 0 Å². The molecule has 36 heavy (non-hydrogen) atoms. The summed E-state index contributed by atoms with van der Waals surface area (Å²) in [5.41, 5.74) is 4.91. The molecule has 5 rings (SSSR count). The van der Waals surface area contributed by atoms with Crippen LogP contribution >= 0.6 is 0 Å². The number of nitrogens with zero attached hydrogens (tertiary/aromatic N) is 2. The molecule has 0 saturated carbocycles. The topological polar surface area (TPSA) is 76.0 Å². The largest absolute Gasteiger partial charge is 0.352 e. The van der Waals surface area contributed by atoms with Crippen molar-refractivity contribution in [2.24, 2.45) is 0 Å². The van der Waals surface area contributed by atoms with E-state index < -0.39 is 0 Å². The van der Waals surface area contributed by atoms with Crippen LogP contribution in [0.5, 0.6) is 0 Å². The third kappa shape index (κ3) is 5.05. The molecular weight excluding hydrogens is 455 g/mol. The zero-order chi connectivity index (χ0) is 24.9. The van der Waals surface area contributed by atoms with Gasteiger partial charge in [0.1, 0.15) is 5.82 Å². The third-order valence-electron chi connectivity index (χ3n) is 6.43. The van der Waals surface area contributed by atoms with Gasteiger partial charge in [0, 0.05) is 17.8 Å². The van der Waals surface area contributed by atoms with Crippen molar-refractivity contribution in [3.05, 3.63) is 113 Å². The monoisotopic (exact) mass is 482 g/mol. The molecule has 1 aromatic heterocycles. The average molecular weight is 483 g/mol. The number of fused-ring (bicyclic) bond motifs is 1. The molecule has 182 valence electrons. The summed E-state index contributed by atoms with van der Waals surface area (Å²) in [4.78, 5) is 26.3. The van der Waals surface area contributed by atoms with Gasteiger partial charge in [-0.3, -0.25) is 9.59 Å². The summed E-state index contributed by atoms with van der Waals surface area (Å²) in [6, 6.07) is 23.0. The Hall–Kier alpha value is -4.26. The van der Waals surface area contributed by atoms with Crippen LogP contribution in [0.2, 0.25) is 0 Å². The van der Waals surface area contributed by atoms with E-state index in [1.807, 2.05) is 30.3 Å². The lowest BCUT2D eigenvalue weighted by atomic mass is 9.95. The van der Waals surface area contributed by atoms with Gasteiger partial charge in [0.2, 0.25) is 0 Å². The minimum atomic E-state index is -0.362. The van der Waals surface area contributed by atoms with E-state index in [9.17, 15) is 14.0 Å². The first-order chi connectivity index (χ1) is 17.6. The van der Waals surface area contributed by atoms with Crippen LogP contribution in [-0.2, 0) is 19.3 Å². The standard InChI is InChI=1S/C29H27FN4O2/c30-21-14-16-22(17-15-21)34-26-13-7-5-11-24(26)27(33-34)29(36)32-25-12-6-4-10-23(25)28(35)31-19-18-20-8-2-1-3-9-20/h1-4,6,8-10,12,14-17H,5,7,11,13,18-19H2,(H,31,35)(H,32,36). The quantitative estimate of drug-likeness (QED) is 0.384. The molecule has 0 bridgehead atoms. The van der Waals surface area contributed by atoms with Crippen molar-refractivity contribution in [3.63, 3.8) is 0 Å². The fourth-order valence-corrected chi connectivity index (χ4v) is 4.61. The van der Waals surface area contributed by atoms with Crippen LogP contribution in [0.3, 0.4) is 0 Å². The molecule has 3 aromatic carbocycles. The van der Waals surface area contributed by atoms with E-state index in [1.54, 1.807) is 41.1 Å². The molecule has 1 heterocycles. The highest BCUT2D eigenvalue weighted by Crippen LogP contribution is 2.28. The van der Waals surface area contributed by atoms with Gasteiger partial charge in [-0.1, -0.05) is 42.5 Å². The Balaban J connectivity index is 1.35. The molecule has 1 aliphatic carbocycles. The Kier molecular flexibility index (Phi) is 6.89. The van der Waals surface area contributed by atoms with Crippen molar-refractivity contribution in [2.75, 3.05) is 11.9 Å². The molecule has 0 unspecified atom stereocenters. The summed E-state index contributed by atoms with van der Waals surface area (Å²) >= 11 is 0. The zero-order valence-corrected chi connectivity index (χ0v) is 19.8. The Morgan fingerprint density at radius 3 is 2.39 bits per heavy atom. The van der Waals surface area contributed by atoms with Gasteiger partial charge in [0.15, 0.2) is 5.69 Å². The predicted octanol–water partition coefficient (Wildman–Crippen LogP) is 5.12. The number of anilines is 1. The number of amides is 2. The number of hydrogen-bond acceptors (Lipinski definition) is 3. The number of halogens is 1. The molecule has 0 aliphatic heterocycles. The number of rotatable bonds is 7. The number of hydrogen-bond donors (Lipinski definition) is 2. The lowest BCUT2D eigenvalue weighted by Gasteiger charge is -2.14. The van der Waals surface area contributed by atoms with E-state index in [0.29, 0.717) is 35.6 Å². The van der Waals surface area contributed by atoms with E-state index in [4.69, 9.17) is 0 Å². The molecular formula is C29H27FN4O2. The Morgan fingerprint density at radius 2 is 1.58 bits per heavy atom. The van der Waals surface area contributed by atoms with Crippen LogP contribution in [0.4, 0.5) is 10.1 Å². The van der Waals surface area contributed by atoms with E-state index in [-0.39, 0.29) is 17.6 Å². The van der Waals surface area contributed by atoms with Crippen LogP contribution in [-0.4, -0.2) is 28.1 Å². The van der Waals surface area contributed by atoms with Crippen molar-refractivity contribution in [1.29, 1.82) is 0 Å². The summed E-state index contributed by atoms with van der Waals surface area (Å²) in [6.45, 7) is 0.487. The third-order valence-corrected chi connectivity index (χ3v) is 6.43. The smallest absolute Gasteiger partial charge is 0.276 e. The molecule has 6 nitrogen and oxygen atoms in total. The van der Waals surface area contributed by atoms with Gasteiger partial charge in [0.25, 0.3) is 11.8 Å². The lowest BCUT2D eigenvalue weighted by Crippen LogP contribution is -2.27. The van der Waals surface area contributed by atoms with Crippen molar-refractivity contribution < 1.29 is 14.0 Å². The van der Waals surface area contributed by atoms with Crippen molar-refractivity contribution in [1.82, 2.24) is 15.1 Å². The molecule has 1 aliphatic rings. The Labute approximate surface area is 209 Å². The highest BCUT2D eigenvalue weighted by Gasteiger charge is 2.26. The first-order valence-corrected chi connectivity index (χ1v) is 12.2. The predicted molar refractivity (Wildman–Crippen MR) is 137 cm³/mol. The van der Waals surface area contributed by atoms with E-state index >= 15 is 0 Å². The van der Waals surface area contributed by atoms with Crippen molar-refractivity contribution in [3.8, 4) is 5.69 Å². The van der Waals surface area contributed by atoms with Gasteiger partial charge < -0.3 is 10.6 Å². The number of carbonyl (C=O) groups excluding carboxylic acids is 2. The lowest BCUT2D eigenvalue weighted by molar-refractivity contribution is 0.0955. The second-order valence-corrected chi connectivity index (χ2v) is 8.86. The van der Waals surface area contributed by atoms with Crippen molar-refractivity contribution >= 4 is 17.5 Å². The highest BCUT2D eigenvalue weighted by molar-refractivity contribution is 6.09. The fraction of sp³-hybridized carbons (Fsp3) is 0.207. The molecule has 4 aromatic rings. The molecule has 0 fully saturated rings. The van der Waals surface area contributed by atoms with Gasteiger partial charge in [-0.2, -0.15) is 5.10 Å². The SMILES string of the molecule is O=C(NCCc1ccccc1)c1ccccc1NC(=O)c1nn(-c2ccc(F)cc2)c2c1CCCC2. The number of aromatic nitrogens is 2. The molecule has 0 atom stereocenters. The summed E-state index contributed by atoms with van der Waals surface area (Å²) in [7, 11) is 0. The van der Waals surface area contributed by atoms with Gasteiger partial charge in [0.05, 0.1) is 16.9 Å². The number of carbonyl (C=O) groups is 2. The van der Waals surface area contributed by atoms with Crippen LogP contribution in [0.1, 0.15) is 50.5 Å². The maximum atomic E-state index is 13.5. The average Bonchev–Trinajstić information content (AvgIpc) is 3.30. The molecule has 0 radical (unpaired) electrons. The highest BCUT2D eigenvalue weighted by atomic mass is 19.1. The van der Waals surface area contributed by atoms with E-state index in [0.717, 1.165) is 42.5 Å². The zero-order valence-electron chi connectivity index (χ0n) is 19.8. The van der Waals surface area contributed by atoms with E-state index in [2.05, 4.69) is 15.7 Å². The first kappa shape index (κ1) is 23.5. The summed E-state index contributed by atoms with van der Waals surface area (Å²) in [5.74, 6) is -0.935. The summed E-state index contributed by atoms with van der Waals surface area (Å²) < 4.78 is 15.2. The molecule has 2 amide bonds. The molecule has 7 heteroatoms. The van der Waals surface area contributed by atoms with Gasteiger partial charge in [-0.15, -0.1) is 0 Å². The number of nitrogens with one attached hydrogen (secondary N) is 2. The maximum absolute atomic E-state index is 13.5. The second kappa shape index (κ2) is 10.6. The van der Waals surface area contributed by atoms with Crippen LogP contribution in [0.15, 0.2) is 78.9 Å². The molecule has 0 spiro atoms. The van der Waals surface area contributed by atoms with Crippen LogP contribution in [0.25, 0.3) is 5.69 Å². The number of para-hydroxylation sites is 1. The van der Waals surface area contributed by atoms with Crippen LogP contribution < -0.4 is 10.6 Å². The van der Waals surface area contributed by atoms with Crippen molar-refractivity contribution in [2.45, 2.75) is 32.1 Å². The fourth-order valence-electron chi connectivity index (χ4n) is 4.61. The molecule has 2 N–H and O–H groups in total. The van der Waals surface area contributed by atoms with E-state index in [1.165, 1.54) is 12.1 Å². The van der Waals surface area contributed by atoms with Crippen LogP contribution in [0, 0.1) is 5.82 Å². The Morgan fingerprint density at radius 1 is 0.861 bits per heavy atom. The minimum absolute atomic E-state index is 0.249. The minimum Gasteiger partial charge on any atom is -0.352 e. The first-order valence-electron chi connectivity index (χ1n) is 12.2. The summed E-state index contributed by atoms with van der Waals surface area (Å²) in [6.07, 6.45) is 4.25.